The third-order valence-electron chi connectivity index (χ3n) is 8.15. The summed E-state index contributed by atoms with van der Waals surface area (Å²) in [6, 6.07) is 13.1. The van der Waals surface area contributed by atoms with Crippen LogP contribution < -0.4 is 14.6 Å². The minimum Gasteiger partial charge on any atom is -0.496 e. The van der Waals surface area contributed by atoms with E-state index in [4.69, 9.17) is 9.57 Å². The first kappa shape index (κ1) is 29.3. The van der Waals surface area contributed by atoms with Gasteiger partial charge in [-0.2, -0.15) is 0 Å². The van der Waals surface area contributed by atoms with Crippen LogP contribution in [0.5, 0.6) is 11.5 Å². The number of H-pyrrole nitrogens is 1. The number of piperazine rings is 1. The van der Waals surface area contributed by atoms with Crippen molar-refractivity contribution in [1.82, 2.24) is 24.7 Å². The van der Waals surface area contributed by atoms with Crippen molar-refractivity contribution in [2.24, 2.45) is 0 Å². The molecule has 2 aromatic carbocycles. The number of carbonyl (C=O) groups excluding carboxylic acids is 3. The highest BCUT2D eigenvalue weighted by atomic mass is 16.7. The van der Waals surface area contributed by atoms with Crippen LogP contribution in [-0.2, 0) is 9.59 Å². The zero-order chi connectivity index (χ0) is 29.8. The van der Waals surface area contributed by atoms with Crippen molar-refractivity contribution in [3.8, 4) is 11.5 Å². The van der Waals surface area contributed by atoms with Crippen molar-refractivity contribution in [2.45, 2.75) is 38.8 Å². The number of amides is 2. The second-order valence-electron chi connectivity index (χ2n) is 10.9. The average molecular weight is 575 g/mol. The molecule has 2 aliphatic heterocycles. The lowest BCUT2D eigenvalue weighted by molar-refractivity contribution is -0.127. The summed E-state index contributed by atoms with van der Waals surface area (Å²) in [4.78, 5) is 58.3. The van der Waals surface area contributed by atoms with E-state index in [0.717, 1.165) is 43.1 Å². The van der Waals surface area contributed by atoms with Crippen LogP contribution in [0.1, 0.15) is 37.0 Å². The van der Waals surface area contributed by atoms with Gasteiger partial charge in [-0.05, 0) is 57.2 Å². The average Bonchev–Trinajstić information content (AvgIpc) is 3.43. The summed E-state index contributed by atoms with van der Waals surface area (Å²) in [7, 11) is 3.61. The molecule has 2 saturated heterocycles. The molecule has 42 heavy (non-hydrogen) atoms. The van der Waals surface area contributed by atoms with Crippen molar-refractivity contribution in [2.75, 3.05) is 51.9 Å². The lowest BCUT2D eigenvalue weighted by Crippen LogP contribution is -2.55. The number of rotatable bonds is 8. The monoisotopic (exact) mass is 574 g/mol. The molecular weight excluding hydrogens is 536 g/mol. The van der Waals surface area contributed by atoms with Gasteiger partial charge in [0.25, 0.3) is 5.91 Å². The number of benzene rings is 2. The van der Waals surface area contributed by atoms with Crippen LogP contribution in [0.15, 0.2) is 54.6 Å². The third kappa shape index (κ3) is 6.47. The summed E-state index contributed by atoms with van der Waals surface area (Å²) in [5.41, 5.74) is 1.72. The van der Waals surface area contributed by atoms with Gasteiger partial charge in [0.05, 0.1) is 23.7 Å². The minimum atomic E-state index is -0.392. The fourth-order valence-electron chi connectivity index (χ4n) is 5.53. The number of ketones is 1. The zero-order valence-corrected chi connectivity index (χ0v) is 24.6. The van der Waals surface area contributed by atoms with Gasteiger partial charge in [0, 0.05) is 63.9 Å². The first-order chi connectivity index (χ1) is 20.2. The predicted octanol–water partition coefficient (Wildman–Crippen LogP) is 3.28. The van der Waals surface area contributed by atoms with E-state index in [-0.39, 0.29) is 34.7 Å². The molecule has 0 aliphatic carbocycles. The number of hydrogen-bond acceptors (Lipinski definition) is 8. The van der Waals surface area contributed by atoms with Crippen LogP contribution in [0, 0.1) is 0 Å². The molecule has 2 fully saturated rings. The minimum absolute atomic E-state index is 0.171. The fraction of sp³-hybridized carbons (Fsp3) is 0.419. The van der Waals surface area contributed by atoms with Gasteiger partial charge in [0.1, 0.15) is 5.75 Å². The topological polar surface area (TPSA) is 111 Å². The molecule has 1 atom stereocenters. The Kier molecular flexibility index (Phi) is 8.89. The summed E-state index contributed by atoms with van der Waals surface area (Å²) in [5.74, 6) is -0.172. The maximum atomic E-state index is 13.0. The van der Waals surface area contributed by atoms with Crippen molar-refractivity contribution in [1.29, 1.82) is 0 Å². The summed E-state index contributed by atoms with van der Waals surface area (Å²) in [6.45, 7) is 8.16. The molecular formula is C31H38N6O5. The van der Waals surface area contributed by atoms with Gasteiger partial charge < -0.3 is 24.4 Å². The van der Waals surface area contributed by atoms with Gasteiger partial charge in [-0.15, -0.1) is 5.06 Å². The number of likely N-dealkylation sites (N-methyl/N-ethyl adjacent to an activating group) is 1. The molecule has 222 valence electrons. The van der Waals surface area contributed by atoms with Gasteiger partial charge in [-0.1, -0.05) is 12.1 Å². The number of allylic oxidation sites excluding steroid dienone is 1. The number of carbonyl (C=O) groups is 3. The maximum absolute atomic E-state index is 13.0. The normalized spacial score (nSPS) is 18.9. The molecule has 2 aliphatic rings. The van der Waals surface area contributed by atoms with Crippen LogP contribution in [0.4, 0.5) is 5.95 Å². The lowest BCUT2D eigenvalue weighted by Gasteiger charge is -2.44. The van der Waals surface area contributed by atoms with E-state index < -0.39 is 5.91 Å². The molecule has 0 saturated carbocycles. The second kappa shape index (κ2) is 12.7. The molecule has 3 aromatic rings. The molecule has 2 amide bonds. The van der Waals surface area contributed by atoms with E-state index in [0.29, 0.717) is 30.7 Å². The number of para-hydroxylation sites is 2. The quantitative estimate of drug-likeness (QED) is 0.248. The number of methoxy groups -OCH3 is 1. The molecule has 5 rings (SSSR count). The molecule has 1 aromatic heterocycles. The standard InChI is InChI=1S/C31H38N6O5/c1-21-20-36(18-17-34(21)3)23-13-15-35(16-14-23)30(40)12-11-28(39)25-10-9-24(19-29(25)41-4)42-37(22(2)38)31-32-26-7-5-6-8-27(26)33-31/h5-12,19,21,23H,13-18,20H2,1-4H3,(H,32,33)/b12-11+. The Balaban J connectivity index is 1.20. The molecule has 11 nitrogen and oxygen atoms in total. The van der Waals surface area contributed by atoms with Crippen LogP contribution in [0.25, 0.3) is 11.0 Å². The van der Waals surface area contributed by atoms with E-state index in [1.54, 1.807) is 12.1 Å². The van der Waals surface area contributed by atoms with E-state index in [2.05, 4.69) is 33.7 Å². The maximum Gasteiger partial charge on any atom is 0.260 e. The smallest absolute Gasteiger partial charge is 0.260 e. The van der Waals surface area contributed by atoms with Gasteiger partial charge in [-0.25, -0.2) is 4.98 Å². The van der Waals surface area contributed by atoms with Crippen molar-refractivity contribution < 1.29 is 24.0 Å². The molecule has 1 N–H and O–H groups in total. The number of ether oxygens (including phenoxy) is 1. The Morgan fingerprint density at radius 1 is 1.05 bits per heavy atom. The summed E-state index contributed by atoms with van der Waals surface area (Å²) in [5, 5.41) is 1.04. The highest BCUT2D eigenvalue weighted by molar-refractivity contribution is 6.09. The first-order valence-electron chi connectivity index (χ1n) is 14.3. The van der Waals surface area contributed by atoms with Crippen LogP contribution in [-0.4, -0.2) is 101 Å². The second-order valence-corrected chi connectivity index (χ2v) is 10.9. The number of aromatic amines is 1. The van der Waals surface area contributed by atoms with E-state index in [9.17, 15) is 14.4 Å². The van der Waals surface area contributed by atoms with Crippen LogP contribution in [0.2, 0.25) is 0 Å². The van der Waals surface area contributed by atoms with Crippen molar-refractivity contribution in [3.63, 3.8) is 0 Å². The first-order valence-corrected chi connectivity index (χ1v) is 14.3. The largest absolute Gasteiger partial charge is 0.496 e. The number of likely N-dealkylation sites (tertiary alicyclic amines) is 1. The number of imidazole rings is 1. The summed E-state index contributed by atoms with van der Waals surface area (Å²) in [6.07, 6.45) is 4.49. The Labute approximate surface area is 245 Å². The molecule has 11 heteroatoms. The summed E-state index contributed by atoms with van der Waals surface area (Å²) < 4.78 is 5.45. The van der Waals surface area contributed by atoms with Gasteiger partial charge in [-0.3, -0.25) is 19.3 Å². The summed E-state index contributed by atoms with van der Waals surface area (Å²) >= 11 is 0. The molecule has 0 radical (unpaired) electrons. The Bertz CT molecular complexity index is 1440. The lowest BCUT2D eigenvalue weighted by atomic mass is 10.0. The van der Waals surface area contributed by atoms with Crippen LogP contribution in [0.3, 0.4) is 0 Å². The van der Waals surface area contributed by atoms with E-state index in [1.807, 2.05) is 29.2 Å². The molecule has 0 spiro atoms. The number of anilines is 1. The molecule has 3 heterocycles. The van der Waals surface area contributed by atoms with Crippen LogP contribution >= 0.6 is 0 Å². The Morgan fingerprint density at radius 2 is 1.81 bits per heavy atom. The van der Waals surface area contributed by atoms with Gasteiger partial charge in [0.15, 0.2) is 11.5 Å². The van der Waals surface area contributed by atoms with E-state index in [1.165, 1.54) is 32.3 Å². The highest BCUT2D eigenvalue weighted by Crippen LogP contribution is 2.28. The molecule has 0 bridgehead atoms. The van der Waals surface area contributed by atoms with E-state index >= 15 is 0 Å². The van der Waals surface area contributed by atoms with Gasteiger partial charge in [0.2, 0.25) is 11.9 Å². The predicted molar refractivity (Wildman–Crippen MR) is 160 cm³/mol. The van der Waals surface area contributed by atoms with Gasteiger partial charge >= 0.3 is 0 Å². The molecule has 1 unspecified atom stereocenters. The number of hydrogen-bond donors (Lipinski definition) is 1. The SMILES string of the molecule is COc1cc(ON(C(C)=O)c2nc3ccccc3[nH]2)ccc1C(=O)/C=C/C(=O)N1CCC(N2CCN(C)C(C)C2)CC1. The number of piperidine rings is 1. The number of hydroxylamine groups is 1. The number of fused-ring (bicyclic) bond motifs is 1. The Hall–Kier alpha value is -4.22. The number of nitrogens with zero attached hydrogens (tertiary/aromatic N) is 5. The number of nitrogens with one attached hydrogen (secondary N) is 1. The highest BCUT2D eigenvalue weighted by Gasteiger charge is 2.30. The zero-order valence-electron chi connectivity index (χ0n) is 24.6. The van der Waals surface area contributed by atoms with Crippen molar-refractivity contribution in [3.05, 3.63) is 60.2 Å². The third-order valence-corrected chi connectivity index (χ3v) is 8.15. The Morgan fingerprint density at radius 3 is 2.50 bits per heavy atom. The van der Waals surface area contributed by atoms with Crippen molar-refractivity contribution >= 4 is 34.6 Å². The fourth-order valence-corrected chi connectivity index (χ4v) is 5.53. The number of aromatic nitrogens is 2.